The third-order valence-corrected chi connectivity index (χ3v) is 4.65. The molecule has 0 spiro atoms. The van der Waals surface area contributed by atoms with Gasteiger partial charge in [-0.15, -0.1) is 11.3 Å². The van der Waals surface area contributed by atoms with E-state index in [1.165, 1.54) is 22.5 Å². The molecule has 1 aliphatic heterocycles. The number of hydrogen-bond donors (Lipinski definition) is 1. The zero-order valence-electron chi connectivity index (χ0n) is 12.4. The van der Waals surface area contributed by atoms with Crippen LogP contribution in [0.3, 0.4) is 0 Å². The van der Waals surface area contributed by atoms with Gasteiger partial charge in [0.15, 0.2) is 0 Å². The van der Waals surface area contributed by atoms with Crippen molar-refractivity contribution in [2.24, 2.45) is 0 Å². The summed E-state index contributed by atoms with van der Waals surface area (Å²) in [6, 6.07) is 10.2. The Morgan fingerprint density at radius 1 is 1.45 bits per heavy atom. The molecule has 0 unspecified atom stereocenters. The highest BCUT2D eigenvalue weighted by Gasteiger charge is 2.19. The van der Waals surface area contributed by atoms with Crippen LogP contribution in [0.2, 0.25) is 0 Å². The van der Waals surface area contributed by atoms with Crippen LogP contribution in [0.4, 0.5) is 10.7 Å². The topological polar surface area (TPSA) is 56.1 Å². The molecule has 5 heteroatoms. The highest BCUT2D eigenvalue weighted by Crippen LogP contribution is 2.28. The highest BCUT2D eigenvalue weighted by molar-refractivity contribution is 7.14. The van der Waals surface area contributed by atoms with Crippen LogP contribution in [0.5, 0.6) is 0 Å². The fourth-order valence-electron chi connectivity index (χ4n) is 2.80. The minimum atomic E-state index is -0.0765. The molecule has 22 heavy (non-hydrogen) atoms. The summed E-state index contributed by atoms with van der Waals surface area (Å²) in [5.41, 5.74) is 4.24. The third kappa shape index (κ3) is 2.97. The van der Waals surface area contributed by atoms with Gasteiger partial charge in [0.1, 0.15) is 11.1 Å². The predicted octanol–water partition coefficient (Wildman–Crippen LogP) is 3.32. The summed E-state index contributed by atoms with van der Waals surface area (Å²) in [4.78, 5) is 14.4. The summed E-state index contributed by atoms with van der Waals surface area (Å²) in [7, 11) is 0. The zero-order chi connectivity index (χ0) is 15.5. The number of thiophene rings is 1. The van der Waals surface area contributed by atoms with E-state index in [0.717, 1.165) is 25.1 Å². The average Bonchev–Trinajstić information content (AvgIpc) is 2.94. The number of nitrogens with one attached hydrogen (secondary N) is 1. The summed E-state index contributed by atoms with van der Waals surface area (Å²) >= 11 is 1.38. The predicted molar refractivity (Wildman–Crippen MR) is 89.4 cm³/mol. The molecule has 2 heterocycles. The lowest BCUT2D eigenvalue weighted by molar-refractivity contribution is -0.115. The molecule has 2 aromatic rings. The molecule has 0 atom stereocenters. The molecular formula is C17H17N3OS. The maximum absolute atomic E-state index is 12.3. The van der Waals surface area contributed by atoms with Crippen LogP contribution >= 0.6 is 11.3 Å². The van der Waals surface area contributed by atoms with Gasteiger partial charge in [0.2, 0.25) is 5.91 Å². The fourth-order valence-corrected chi connectivity index (χ4v) is 3.56. The molecule has 1 aliphatic rings. The fraction of sp³-hybridized carbons (Fsp3) is 0.294. The Labute approximate surface area is 134 Å². The van der Waals surface area contributed by atoms with Gasteiger partial charge in [-0.2, -0.15) is 5.26 Å². The van der Waals surface area contributed by atoms with Gasteiger partial charge in [0.25, 0.3) is 0 Å². The van der Waals surface area contributed by atoms with Gasteiger partial charge in [-0.25, -0.2) is 0 Å². The molecule has 0 aliphatic carbocycles. The van der Waals surface area contributed by atoms with E-state index >= 15 is 0 Å². The Balaban J connectivity index is 1.72. The number of hydrogen-bond acceptors (Lipinski definition) is 4. The summed E-state index contributed by atoms with van der Waals surface area (Å²) in [5.74, 6) is -0.0765. The molecule has 0 fully saturated rings. The van der Waals surface area contributed by atoms with Gasteiger partial charge in [-0.3, -0.25) is 4.79 Å². The first-order valence-corrected chi connectivity index (χ1v) is 8.17. The molecule has 0 radical (unpaired) electrons. The SMILES string of the molecule is Cc1ccc2c(c1)CCCN2CC(=O)Nc1sccc1C#N. The van der Waals surface area contributed by atoms with Crippen molar-refractivity contribution in [1.82, 2.24) is 0 Å². The molecule has 1 aromatic carbocycles. The molecule has 1 aromatic heterocycles. The normalized spacial score (nSPS) is 13.4. The van der Waals surface area contributed by atoms with Gasteiger partial charge in [0, 0.05) is 12.2 Å². The molecule has 0 saturated heterocycles. The minimum absolute atomic E-state index is 0.0765. The maximum atomic E-state index is 12.3. The number of benzene rings is 1. The van der Waals surface area contributed by atoms with Gasteiger partial charge in [-0.05, 0) is 42.8 Å². The van der Waals surface area contributed by atoms with Gasteiger partial charge in [0.05, 0.1) is 12.1 Å². The standard InChI is InChI=1S/C17H17N3OS/c1-12-4-5-15-13(9-12)3-2-7-20(15)11-16(21)19-17-14(10-18)6-8-22-17/h4-6,8-9H,2-3,7,11H2,1H3,(H,19,21). The Kier molecular flexibility index (Phi) is 4.12. The van der Waals surface area contributed by atoms with Crippen LogP contribution in [0.1, 0.15) is 23.1 Å². The van der Waals surface area contributed by atoms with E-state index in [-0.39, 0.29) is 5.91 Å². The number of amides is 1. The number of carbonyl (C=O) groups is 1. The second kappa shape index (κ2) is 6.20. The first kappa shape index (κ1) is 14.6. The number of nitrogens with zero attached hydrogens (tertiary/aromatic N) is 2. The summed E-state index contributed by atoms with van der Waals surface area (Å²) < 4.78 is 0. The first-order valence-electron chi connectivity index (χ1n) is 7.29. The van der Waals surface area contributed by atoms with E-state index in [2.05, 4.69) is 41.4 Å². The number of anilines is 2. The Hall–Kier alpha value is -2.32. The van der Waals surface area contributed by atoms with E-state index in [1.807, 2.05) is 5.38 Å². The molecule has 0 saturated carbocycles. The van der Waals surface area contributed by atoms with E-state index in [4.69, 9.17) is 5.26 Å². The van der Waals surface area contributed by atoms with Crippen LogP contribution in [-0.2, 0) is 11.2 Å². The monoisotopic (exact) mass is 311 g/mol. The van der Waals surface area contributed by atoms with E-state index in [9.17, 15) is 4.79 Å². The molecule has 1 amide bonds. The van der Waals surface area contributed by atoms with Crippen molar-refractivity contribution in [2.75, 3.05) is 23.3 Å². The van der Waals surface area contributed by atoms with Crippen molar-refractivity contribution in [3.8, 4) is 6.07 Å². The van der Waals surface area contributed by atoms with Crippen molar-refractivity contribution in [1.29, 1.82) is 5.26 Å². The van der Waals surface area contributed by atoms with Crippen molar-refractivity contribution in [2.45, 2.75) is 19.8 Å². The van der Waals surface area contributed by atoms with Crippen LogP contribution in [0.25, 0.3) is 0 Å². The van der Waals surface area contributed by atoms with E-state index in [1.54, 1.807) is 6.07 Å². The number of carbonyl (C=O) groups excluding carboxylic acids is 1. The highest BCUT2D eigenvalue weighted by atomic mass is 32.1. The average molecular weight is 311 g/mol. The van der Waals surface area contributed by atoms with Crippen molar-refractivity contribution >= 4 is 27.9 Å². The van der Waals surface area contributed by atoms with E-state index in [0.29, 0.717) is 17.1 Å². The lowest BCUT2D eigenvalue weighted by Gasteiger charge is -2.31. The van der Waals surface area contributed by atoms with Gasteiger partial charge in [-0.1, -0.05) is 17.7 Å². The minimum Gasteiger partial charge on any atom is -0.362 e. The largest absolute Gasteiger partial charge is 0.362 e. The maximum Gasteiger partial charge on any atom is 0.244 e. The van der Waals surface area contributed by atoms with Crippen LogP contribution in [-0.4, -0.2) is 19.0 Å². The van der Waals surface area contributed by atoms with Crippen molar-refractivity contribution in [3.63, 3.8) is 0 Å². The second-order valence-corrected chi connectivity index (χ2v) is 6.40. The summed E-state index contributed by atoms with van der Waals surface area (Å²) in [6.07, 6.45) is 2.13. The first-order chi connectivity index (χ1) is 10.7. The van der Waals surface area contributed by atoms with Crippen molar-refractivity contribution < 1.29 is 4.79 Å². The zero-order valence-corrected chi connectivity index (χ0v) is 13.2. The van der Waals surface area contributed by atoms with Gasteiger partial charge < -0.3 is 10.2 Å². The van der Waals surface area contributed by atoms with Crippen LogP contribution < -0.4 is 10.2 Å². The molecular weight excluding hydrogens is 294 g/mol. The summed E-state index contributed by atoms with van der Waals surface area (Å²) in [5, 5.41) is 14.3. The Bertz CT molecular complexity index is 745. The Morgan fingerprint density at radius 3 is 3.14 bits per heavy atom. The number of aryl methyl sites for hydroxylation is 2. The van der Waals surface area contributed by atoms with Gasteiger partial charge >= 0.3 is 0 Å². The quantitative estimate of drug-likeness (QED) is 0.946. The molecule has 112 valence electrons. The Morgan fingerprint density at radius 2 is 2.32 bits per heavy atom. The van der Waals surface area contributed by atoms with Crippen LogP contribution in [0, 0.1) is 18.3 Å². The van der Waals surface area contributed by atoms with E-state index < -0.39 is 0 Å². The van der Waals surface area contributed by atoms with Crippen LogP contribution in [0.15, 0.2) is 29.6 Å². The number of nitriles is 1. The number of fused-ring (bicyclic) bond motifs is 1. The second-order valence-electron chi connectivity index (χ2n) is 5.48. The molecule has 1 N–H and O–H groups in total. The number of rotatable bonds is 3. The molecule has 3 rings (SSSR count). The lowest BCUT2D eigenvalue weighted by atomic mass is 9.99. The third-order valence-electron chi connectivity index (χ3n) is 3.82. The summed E-state index contributed by atoms with van der Waals surface area (Å²) in [6.45, 7) is 3.30. The van der Waals surface area contributed by atoms with Crippen molar-refractivity contribution in [3.05, 3.63) is 46.3 Å². The smallest absolute Gasteiger partial charge is 0.244 e. The molecule has 4 nitrogen and oxygen atoms in total. The molecule has 0 bridgehead atoms. The lowest BCUT2D eigenvalue weighted by Crippen LogP contribution is -2.36.